The minimum absolute atomic E-state index is 0.158. The number of rotatable bonds is 11. The van der Waals surface area contributed by atoms with E-state index in [1.54, 1.807) is 0 Å². The topological polar surface area (TPSA) is 24.6 Å². The first-order valence-electron chi connectivity index (χ1n) is 37.9. The molecule has 0 saturated heterocycles. The maximum atomic E-state index is 6.77. The largest absolute Gasteiger partial charge is 0.456 e. The molecular weight excluding hydrogens is 1320 g/mol. The van der Waals surface area contributed by atoms with Crippen molar-refractivity contribution < 1.29 is 4.42 Å². The summed E-state index contributed by atoms with van der Waals surface area (Å²) in [5.74, 6) is -0.158. The number of fused-ring (bicyclic) bond motifs is 12. The Hall–Kier alpha value is -14.0. The van der Waals surface area contributed by atoms with Gasteiger partial charge in [0.25, 0.3) is 6.71 Å². The van der Waals surface area contributed by atoms with Gasteiger partial charge in [-0.3, -0.25) is 0 Å². The van der Waals surface area contributed by atoms with Crippen molar-refractivity contribution in [2.75, 3.05) is 9.80 Å². The first-order chi connectivity index (χ1) is 54.1. The molecule has 2 aliphatic heterocycles. The number of benzene rings is 17. The van der Waals surface area contributed by atoms with Crippen LogP contribution >= 0.6 is 0 Å². The van der Waals surface area contributed by atoms with Gasteiger partial charge in [-0.1, -0.05) is 315 Å². The van der Waals surface area contributed by atoms with E-state index >= 15 is 0 Å². The van der Waals surface area contributed by atoms with Crippen LogP contribution in [0.2, 0.25) is 0 Å². The highest BCUT2D eigenvalue weighted by Gasteiger charge is 2.47. The normalized spacial score (nSPS) is 12.8. The molecule has 0 unspecified atom stereocenters. The maximum Gasteiger partial charge on any atom is 0.252 e. The lowest BCUT2D eigenvalue weighted by atomic mass is 9.33. The number of hydrogen-bond donors (Lipinski definition) is 0. The third-order valence-corrected chi connectivity index (χ3v) is 23.3. The number of furan rings is 1. The van der Waals surface area contributed by atoms with Gasteiger partial charge in [-0.15, -0.1) is 0 Å². The van der Waals surface area contributed by atoms with Crippen LogP contribution in [0.4, 0.5) is 34.1 Å². The Morgan fingerprint density at radius 3 is 1.22 bits per heavy atom. The summed E-state index contributed by atoms with van der Waals surface area (Å²) >= 11 is 0. The molecule has 1 aliphatic carbocycles. The molecule has 4 nitrogen and oxygen atoms in total. The molecule has 3 aliphatic rings. The molecule has 17 aromatic carbocycles. The van der Waals surface area contributed by atoms with Gasteiger partial charge in [-0.2, -0.15) is 0 Å². The first kappa shape index (κ1) is 62.4. The van der Waals surface area contributed by atoms with Gasteiger partial charge in [-0.05, 0) is 185 Å². The summed E-state index contributed by atoms with van der Waals surface area (Å²) in [7, 11) is 0. The molecule has 19 aromatic rings. The number of hydrogen-bond acceptors (Lipinski definition) is 3. The van der Waals surface area contributed by atoms with Crippen molar-refractivity contribution in [3.05, 3.63) is 422 Å². The summed E-state index contributed by atoms with van der Waals surface area (Å²) in [4.78, 5) is 5.46. The summed E-state index contributed by atoms with van der Waals surface area (Å²) in [6, 6.07) is 148. The van der Waals surface area contributed by atoms with Gasteiger partial charge in [-0.25, -0.2) is 0 Å². The minimum Gasteiger partial charge on any atom is -0.456 e. The van der Waals surface area contributed by atoms with E-state index < -0.39 is 0 Å². The highest BCUT2D eigenvalue weighted by atomic mass is 16.3. The average molecular weight is 1390 g/mol. The van der Waals surface area contributed by atoms with Gasteiger partial charge >= 0.3 is 0 Å². The lowest BCUT2D eigenvalue weighted by Crippen LogP contribution is -2.61. The van der Waals surface area contributed by atoms with E-state index in [1.165, 1.54) is 55.0 Å². The molecule has 508 valence electrons. The molecule has 0 spiro atoms. The van der Waals surface area contributed by atoms with Crippen molar-refractivity contribution in [3.8, 4) is 83.6 Å². The van der Waals surface area contributed by atoms with Crippen LogP contribution in [0, 0.1) is 0 Å². The van der Waals surface area contributed by atoms with Crippen LogP contribution in [0.25, 0.3) is 127 Å². The van der Waals surface area contributed by atoms with Gasteiger partial charge in [0.15, 0.2) is 0 Å². The van der Waals surface area contributed by atoms with Crippen molar-refractivity contribution in [1.82, 2.24) is 4.57 Å². The van der Waals surface area contributed by atoms with Crippen molar-refractivity contribution in [3.63, 3.8) is 0 Å². The fourth-order valence-corrected chi connectivity index (χ4v) is 18.6. The van der Waals surface area contributed by atoms with Gasteiger partial charge in [0, 0.05) is 78.2 Å². The van der Waals surface area contributed by atoms with Crippen LogP contribution < -0.4 is 26.2 Å². The van der Waals surface area contributed by atoms with Crippen LogP contribution in [-0.2, 0) is 6.42 Å². The molecule has 5 heteroatoms. The number of nitrogens with zero attached hydrogens (tertiary/aromatic N) is 3. The number of aromatic nitrogens is 1. The molecule has 4 heterocycles. The van der Waals surface area contributed by atoms with Crippen molar-refractivity contribution in [1.29, 1.82) is 0 Å². The van der Waals surface area contributed by atoms with Gasteiger partial charge in [0.05, 0.1) is 22.4 Å². The Labute approximate surface area is 633 Å². The average Bonchev–Trinajstić information content (AvgIpc) is 1.09. The standard InChI is InChI=1S/C104H68BN3O/c1-7-30-67(31-8-1)76-59-86(69-34-11-3-12-35-69)103(87(60-76)70-36-13-4-14-37-70)107-94-57-54-75(82-49-29-53-99-101(82)85-48-25-28-52-98(85)109-99)63-91(94)105-90-56-55-79(106-92-50-26-23-46-83(92)84-47-24-27-51-93(84)106)66-95(90)108(97-65-78(64-96(107)102(97)105)100-80-44-21-19-42-73(80)58-74-43-20-22-45-81(74)100)104-88(71-38-15-5-16-39-71)61-77(68-32-9-2-10-33-68)62-89(104)72-40-17-6-18-41-72/h1-57,59-66,100H,58H2. The molecule has 0 atom stereocenters. The van der Waals surface area contributed by atoms with E-state index in [9.17, 15) is 0 Å². The van der Waals surface area contributed by atoms with Gasteiger partial charge in [0.2, 0.25) is 0 Å². The van der Waals surface area contributed by atoms with Crippen LogP contribution in [0.3, 0.4) is 0 Å². The first-order valence-corrected chi connectivity index (χ1v) is 37.9. The Balaban J connectivity index is 0.945. The Kier molecular flexibility index (Phi) is 14.5. The minimum atomic E-state index is -0.331. The SMILES string of the molecule is c1ccc(-c2cc(-c3ccccc3)c(N3c4ccc(-c5cccc6oc7ccccc7c56)cc4B4c5ccc(-n6c7ccccc7c7ccccc76)cc5N(c5c(-c6ccccc6)cc(-c6ccccc6)cc5-c5ccccc5)c5cc(C6c7ccccc7Cc7ccccc76)cc3c54)c(-c3ccccc3)c2)cc1. The molecular formula is C104H68BN3O. The monoisotopic (exact) mass is 1390 g/mol. The van der Waals surface area contributed by atoms with E-state index in [-0.39, 0.29) is 12.6 Å². The third-order valence-electron chi connectivity index (χ3n) is 23.3. The fraction of sp³-hybridized carbons (Fsp3) is 0.0192. The molecule has 0 N–H and O–H groups in total. The third kappa shape index (κ3) is 10.1. The van der Waals surface area contributed by atoms with E-state index in [0.29, 0.717) is 0 Å². The van der Waals surface area contributed by atoms with E-state index in [0.717, 1.165) is 157 Å². The molecule has 0 amide bonds. The second-order valence-electron chi connectivity index (χ2n) is 29.3. The summed E-state index contributed by atoms with van der Waals surface area (Å²) in [5, 5.41) is 4.62. The zero-order valence-electron chi connectivity index (χ0n) is 59.6. The Bertz CT molecular complexity index is 6610. The van der Waals surface area contributed by atoms with Crippen LogP contribution in [0.1, 0.15) is 33.7 Å². The molecule has 22 rings (SSSR count). The Morgan fingerprint density at radius 2 is 0.706 bits per heavy atom. The second kappa shape index (κ2) is 25.4. The predicted octanol–water partition coefficient (Wildman–Crippen LogP) is 25.5. The summed E-state index contributed by atoms with van der Waals surface area (Å²) < 4.78 is 9.27. The highest BCUT2D eigenvalue weighted by Crippen LogP contribution is 2.57. The highest BCUT2D eigenvalue weighted by molar-refractivity contribution is 7.00. The van der Waals surface area contributed by atoms with Crippen molar-refractivity contribution >= 4 is 101 Å². The van der Waals surface area contributed by atoms with Gasteiger partial charge in [0.1, 0.15) is 11.2 Å². The fourth-order valence-electron chi connectivity index (χ4n) is 18.6. The molecule has 0 fully saturated rings. The van der Waals surface area contributed by atoms with E-state index in [2.05, 4.69) is 409 Å². The summed E-state index contributed by atoms with van der Waals surface area (Å²) in [6.45, 7) is -0.331. The number of anilines is 6. The smallest absolute Gasteiger partial charge is 0.252 e. The van der Waals surface area contributed by atoms with Crippen LogP contribution in [0.5, 0.6) is 0 Å². The van der Waals surface area contributed by atoms with Crippen LogP contribution in [0.15, 0.2) is 399 Å². The summed E-state index contributed by atoms with van der Waals surface area (Å²) in [6.07, 6.45) is 0.848. The molecule has 0 radical (unpaired) electrons. The zero-order chi connectivity index (χ0) is 71.6. The molecule has 109 heavy (non-hydrogen) atoms. The summed E-state index contributed by atoms with van der Waals surface area (Å²) in [5.41, 5.74) is 37.6. The Morgan fingerprint density at radius 1 is 0.275 bits per heavy atom. The number of para-hydroxylation sites is 3. The predicted molar refractivity (Wildman–Crippen MR) is 457 cm³/mol. The molecule has 2 aromatic heterocycles. The quantitative estimate of drug-likeness (QED) is 0.121. The van der Waals surface area contributed by atoms with Crippen molar-refractivity contribution in [2.24, 2.45) is 0 Å². The molecule has 0 bridgehead atoms. The molecule has 0 saturated carbocycles. The van der Waals surface area contributed by atoms with E-state index in [1.807, 2.05) is 0 Å². The maximum absolute atomic E-state index is 6.77. The van der Waals surface area contributed by atoms with Crippen molar-refractivity contribution in [2.45, 2.75) is 12.3 Å². The van der Waals surface area contributed by atoms with Crippen LogP contribution in [-0.4, -0.2) is 11.3 Å². The zero-order valence-corrected chi connectivity index (χ0v) is 59.6. The second-order valence-corrected chi connectivity index (χ2v) is 29.3. The lowest BCUT2D eigenvalue weighted by molar-refractivity contribution is 0.669. The van der Waals surface area contributed by atoms with Gasteiger partial charge < -0.3 is 18.8 Å². The lowest BCUT2D eigenvalue weighted by Gasteiger charge is -2.46. The van der Waals surface area contributed by atoms with E-state index in [4.69, 9.17) is 4.42 Å².